The Bertz CT molecular complexity index is 998. The van der Waals surface area contributed by atoms with Crippen LogP contribution in [0.25, 0.3) is 0 Å². The fourth-order valence-corrected chi connectivity index (χ4v) is 4.52. The molecule has 0 spiro atoms. The maximum atomic E-state index is 12.9. The standard InChI is InChI=1S/C22H29N3O4S/c1-17-6-5-7-21(18(17)2)25(30(4,27)28)16-22(26)24-14-12-23(13-15-24)19-8-10-20(29-3)11-9-19/h5-11H,12-16H2,1-4H3. The lowest BCUT2D eigenvalue weighted by molar-refractivity contribution is -0.129. The SMILES string of the molecule is COc1ccc(N2CCN(C(=O)CN(c3cccc(C)c3C)S(C)(=O)=O)CC2)cc1. The number of carbonyl (C=O) groups excluding carboxylic acids is 1. The molecule has 0 bridgehead atoms. The van der Waals surface area contributed by atoms with Crippen molar-refractivity contribution in [2.45, 2.75) is 13.8 Å². The van der Waals surface area contributed by atoms with Crippen molar-refractivity contribution in [2.24, 2.45) is 0 Å². The van der Waals surface area contributed by atoms with E-state index in [1.54, 1.807) is 18.1 Å². The van der Waals surface area contributed by atoms with E-state index in [2.05, 4.69) is 4.90 Å². The van der Waals surface area contributed by atoms with Crippen molar-refractivity contribution in [3.63, 3.8) is 0 Å². The molecular formula is C22H29N3O4S. The Morgan fingerprint density at radius 2 is 1.67 bits per heavy atom. The summed E-state index contributed by atoms with van der Waals surface area (Å²) in [6.45, 7) is 6.11. The molecular weight excluding hydrogens is 402 g/mol. The van der Waals surface area contributed by atoms with Crippen LogP contribution in [0.3, 0.4) is 0 Å². The van der Waals surface area contributed by atoms with Crippen LogP contribution in [0.1, 0.15) is 11.1 Å². The van der Waals surface area contributed by atoms with Gasteiger partial charge in [-0.1, -0.05) is 12.1 Å². The van der Waals surface area contributed by atoms with Gasteiger partial charge in [-0.2, -0.15) is 0 Å². The van der Waals surface area contributed by atoms with Gasteiger partial charge >= 0.3 is 0 Å². The van der Waals surface area contributed by atoms with Crippen LogP contribution in [-0.4, -0.2) is 65.3 Å². The number of rotatable bonds is 6. The average molecular weight is 432 g/mol. The molecule has 2 aromatic rings. The first-order valence-electron chi connectivity index (χ1n) is 9.91. The number of piperazine rings is 1. The van der Waals surface area contributed by atoms with Gasteiger partial charge < -0.3 is 14.5 Å². The molecule has 7 nitrogen and oxygen atoms in total. The van der Waals surface area contributed by atoms with Crippen LogP contribution in [-0.2, 0) is 14.8 Å². The third-order valence-corrected chi connectivity index (χ3v) is 6.72. The molecule has 0 saturated carbocycles. The van der Waals surface area contributed by atoms with E-state index >= 15 is 0 Å². The lowest BCUT2D eigenvalue weighted by atomic mass is 10.1. The average Bonchev–Trinajstić information content (AvgIpc) is 2.73. The van der Waals surface area contributed by atoms with Crippen molar-refractivity contribution in [1.82, 2.24) is 4.90 Å². The second-order valence-electron chi connectivity index (χ2n) is 7.55. The molecule has 0 aliphatic carbocycles. The molecule has 1 amide bonds. The first-order valence-corrected chi connectivity index (χ1v) is 11.8. The van der Waals surface area contributed by atoms with Gasteiger partial charge in [-0.05, 0) is 55.3 Å². The number of aryl methyl sites for hydroxylation is 1. The highest BCUT2D eigenvalue weighted by Gasteiger charge is 2.27. The van der Waals surface area contributed by atoms with Gasteiger partial charge in [0.2, 0.25) is 15.9 Å². The van der Waals surface area contributed by atoms with Crippen LogP contribution in [0.4, 0.5) is 11.4 Å². The van der Waals surface area contributed by atoms with Gasteiger partial charge in [-0.15, -0.1) is 0 Å². The fourth-order valence-electron chi connectivity index (χ4n) is 3.62. The number of sulfonamides is 1. The first-order chi connectivity index (χ1) is 14.2. The number of ether oxygens (including phenoxy) is 1. The van der Waals surface area contributed by atoms with Crippen LogP contribution in [0.5, 0.6) is 5.75 Å². The minimum atomic E-state index is -3.59. The molecule has 2 aromatic carbocycles. The van der Waals surface area contributed by atoms with Crippen LogP contribution in [0.2, 0.25) is 0 Å². The topological polar surface area (TPSA) is 70.2 Å². The van der Waals surface area contributed by atoms with Crippen molar-refractivity contribution >= 4 is 27.3 Å². The summed E-state index contributed by atoms with van der Waals surface area (Å²) in [5.41, 5.74) is 3.49. The zero-order chi connectivity index (χ0) is 21.9. The third-order valence-electron chi connectivity index (χ3n) is 5.59. The van der Waals surface area contributed by atoms with Crippen LogP contribution < -0.4 is 13.9 Å². The summed E-state index contributed by atoms with van der Waals surface area (Å²) < 4.78 is 31.3. The summed E-state index contributed by atoms with van der Waals surface area (Å²) in [5.74, 6) is 0.621. The number of anilines is 2. The van der Waals surface area contributed by atoms with E-state index in [0.29, 0.717) is 31.9 Å². The molecule has 0 aromatic heterocycles. The number of nitrogens with zero attached hydrogens (tertiary/aromatic N) is 3. The lowest BCUT2D eigenvalue weighted by Crippen LogP contribution is -2.52. The van der Waals surface area contributed by atoms with Gasteiger partial charge in [0.15, 0.2) is 0 Å². The second kappa shape index (κ2) is 8.95. The Morgan fingerprint density at radius 1 is 1.03 bits per heavy atom. The zero-order valence-corrected chi connectivity index (χ0v) is 18.8. The van der Waals surface area contributed by atoms with Crippen LogP contribution in [0, 0.1) is 13.8 Å². The summed E-state index contributed by atoms with van der Waals surface area (Å²) in [6, 6.07) is 13.3. The van der Waals surface area contributed by atoms with Gasteiger partial charge in [0, 0.05) is 31.9 Å². The summed E-state index contributed by atoms with van der Waals surface area (Å²) in [6.07, 6.45) is 1.14. The Morgan fingerprint density at radius 3 is 2.23 bits per heavy atom. The van der Waals surface area contributed by atoms with Gasteiger partial charge in [0.1, 0.15) is 12.3 Å². The third kappa shape index (κ3) is 4.87. The summed E-state index contributed by atoms with van der Waals surface area (Å²) in [5, 5.41) is 0. The van der Waals surface area contributed by atoms with E-state index in [0.717, 1.165) is 28.8 Å². The zero-order valence-electron chi connectivity index (χ0n) is 18.0. The van der Waals surface area contributed by atoms with E-state index in [1.807, 2.05) is 50.2 Å². The molecule has 1 heterocycles. The van der Waals surface area contributed by atoms with Crippen LogP contribution in [0.15, 0.2) is 42.5 Å². The molecule has 162 valence electrons. The van der Waals surface area contributed by atoms with Crippen molar-refractivity contribution in [1.29, 1.82) is 0 Å². The quantitative estimate of drug-likeness (QED) is 0.703. The van der Waals surface area contributed by atoms with Gasteiger partial charge in [0.25, 0.3) is 0 Å². The highest BCUT2D eigenvalue weighted by atomic mass is 32.2. The Labute approximate surface area is 178 Å². The molecule has 0 radical (unpaired) electrons. The maximum Gasteiger partial charge on any atom is 0.243 e. The van der Waals surface area contributed by atoms with E-state index in [9.17, 15) is 13.2 Å². The monoisotopic (exact) mass is 431 g/mol. The Balaban J connectivity index is 1.68. The number of methoxy groups -OCH3 is 1. The lowest BCUT2D eigenvalue weighted by Gasteiger charge is -2.37. The molecule has 0 unspecified atom stereocenters. The second-order valence-corrected chi connectivity index (χ2v) is 9.46. The molecule has 1 aliphatic rings. The van der Waals surface area contributed by atoms with E-state index in [1.165, 1.54) is 4.31 Å². The number of benzene rings is 2. The van der Waals surface area contributed by atoms with Gasteiger partial charge in [-0.25, -0.2) is 8.42 Å². The highest BCUT2D eigenvalue weighted by Crippen LogP contribution is 2.25. The minimum Gasteiger partial charge on any atom is -0.497 e. The van der Waals surface area contributed by atoms with E-state index in [-0.39, 0.29) is 12.5 Å². The number of hydrogen-bond acceptors (Lipinski definition) is 5. The molecule has 8 heteroatoms. The highest BCUT2D eigenvalue weighted by molar-refractivity contribution is 7.92. The predicted octanol–water partition coefficient (Wildman–Crippen LogP) is 2.43. The minimum absolute atomic E-state index is 0.185. The van der Waals surface area contributed by atoms with Crippen molar-refractivity contribution in [3.8, 4) is 5.75 Å². The fraction of sp³-hybridized carbons (Fsp3) is 0.409. The predicted molar refractivity (Wildman–Crippen MR) is 120 cm³/mol. The smallest absolute Gasteiger partial charge is 0.243 e. The molecule has 1 aliphatic heterocycles. The number of carbonyl (C=O) groups is 1. The van der Waals surface area contributed by atoms with Gasteiger partial charge in [-0.3, -0.25) is 9.10 Å². The van der Waals surface area contributed by atoms with E-state index in [4.69, 9.17) is 4.74 Å². The largest absolute Gasteiger partial charge is 0.497 e. The molecule has 0 atom stereocenters. The molecule has 0 N–H and O–H groups in total. The number of hydrogen-bond donors (Lipinski definition) is 0. The molecule has 30 heavy (non-hydrogen) atoms. The van der Waals surface area contributed by atoms with Crippen molar-refractivity contribution in [2.75, 3.05) is 55.3 Å². The van der Waals surface area contributed by atoms with Crippen LogP contribution >= 0.6 is 0 Å². The van der Waals surface area contributed by atoms with Gasteiger partial charge in [0.05, 0.1) is 19.1 Å². The van der Waals surface area contributed by atoms with Crippen molar-refractivity contribution < 1.29 is 17.9 Å². The van der Waals surface area contributed by atoms with E-state index < -0.39 is 10.0 Å². The molecule has 3 rings (SSSR count). The molecule has 1 saturated heterocycles. The summed E-state index contributed by atoms with van der Waals surface area (Å²) in [7, 11) is -1.95. The first kappa shape index (κ1) is 22.0. The van der Waals surface area contributed by atoms with Crippen molar-refractivity contribution in [3.05, 3.63) is 53.6 Å². The Kier molecular flexibility index (Phi) is 6.55. The maximum absolute atomic E-state index is 12.9. The Hall–Kier alpha value is -2.74. The summed E-state index contributed by atoms with van der Waals surface area (Å²) >= 11 is 0. The normalized spacial score (nSPS) is 14.5. The summed E-state index contributed by atoms with van der Waals surface area (Å²) in [4.78, 5) is 16.9. The molecule has 1 fully saturated rings. The number of amides is 1.